The first-order valence-electron chi connectivity index (χ1n) is 6.73. The first-order valence-corrected chi connectivity index (χ1v) is 6.73. The van der Waals surface area contributed by atoms with E-state index in [9.17, 15) is 4.79 Å². The minimum atomic E-state index is -0.225. The van der Waals surface area contributed by atoms with Gasteiger partial charge in [0.2, 0.25) is 0 Å². The summed E-state index contributed by atoms with van der Waals surface area (Å²) in [5, 5.41) is 11.7. The number of rotatable bonds is 3. The number of anilines is 1. The Labute approximate surface area is 123 Å². The van der Waals surface area contributed by atoms with E-state index in [0.29, 0.717) is 29.0 Å². The molecule has 2 rings (SSSR count). The van der Waals surface area contributed by atoms with Crippen molar-refractivity contribution in [3.63, 3.8) is 0 Å². The lowest BCUT2D eigenvalue weighted by atomic mass is 10.1. The highest BCUT2D eigenvalue weighted by atomic mass is 16.3. The van der Waals surface area contributed by atoms with E-state index in [1.165, 1.54) is 6.26 Å². The molecule has 2 aromatic rings. The van der Waals surface area contributed by atoms with Crippen molar-refractivity contribution in [2.45, 2.75) is 20.3 Å². The van der Waals surface area contributed by atoms with Crippen LogP contribution in [0.15, 0.2) is 34.9 Å². The minimum absolute atomic E-state index is 0.219. The first-order chi connectivity index (χ1) is 10.2. The molecule has 0 aliphatic carbocycles. The number of carbonyl (C=O) groups is 1. The van der Waals surface area contributed by atoms with Gasteiger partial charge in [0.25, 0.3) is 5.91 Å². The average molecular weight is 283 g/mol. The number of benzene rings is 1. The molecule has 4 nitrogen and oxygen atoms in total. The molecule has 1 heterocycles. The second-order valence-electron chi connectivity index (χ2n) is 4.57. The SMILES string of the molecule is CCc1occc1C(=O)Nc1ccc(C)cc1C#CCO. The summed E-state index contributed by atoms with van der Waals surface area (Å²) in [7, 11) is 0. The predicted molar refractivity (Wildman–Crippen MR) is 81.2 cm³/mol. The summed E-state index contributed by atoms with van der Waals surface area (Å²) in [6, 6.07) is 7.23. The van der Waals surface area contributed by atoms with Crippen LogP contribution in [0.5, 0.6) is 0 Å². The third-order valence-corrected chi connectivity index (χ3v) is 3.04. The van der Waals surface area contributed by atoms with Gasteiger partial charge < -0.3 is 14.8 Å². The lowest BCUT2D eigenvalue weighted by Gasteiger charge is -2.08. The van der Waals surface area contributed by atoms with Crippen molar-refractivity contribution in [3.05, 3.63) is 53.0 Å². The van der Waals surface area contributed by atoms with Crippen LogP contribution in [0.25, 0.3) is 0 Å². The van der Waals surface area contributed by atoms with Crippen LogP contribution < -0.4 is 5.32 Å². The van der Waals surface area contributed by atoms with Crippen LogP contribution in [0.1, 0.15) is 34.2 Å². The zero-order valence-electron chi connectivity index (χ0n) is 12.1. The van der Waals surface area contributed by atoms with Crippen molar-refractivity contribution < 1.29 is 14.3 Å². The maximum Gasteiger partial charge on any atom is 0.259 e. The van der Waals surface area contributed by atoms with E-state index in [1.54, 1.807) is 12.1 Å². The fourth-order valence-corrected chi connectivity index (χ4v) is 2.01. The summed E-state index contributed by atoms with van der Waals surface area (Å²) < 4.78 is 5.27. The molecule has 1 aromatic carbocycles. The largest absolute Gasteiger partial charge is 0.469 e. The standard InChI is InChI=1S/C17H17NO3/c1-3-16-14(8-10-21-16)17(20)18-15-7-6-12(2)11-13(15)5-4-9-19/h6-8,10-11,19H,3,9H2,1-2H3,(H,18,20). The van der Waals surface area contributed by atoms with E-state index in [1.807, 2.05) is 26.0 Å². The molecule has 0 atom stereocenters. The number of hydrogen-bond donors (Lipinski definition) is 2. The van der Waals surface area contributed by atoms with Crippen LogP contribution in [0, 0.1) is 18.8 Å². The lowest BCUT2D eigenvalue weighted by molar-refractivity contribution is 0.102. The molecule has 0 saturated carbocycles. The number of aryl methyl sites for hydroxylation is 2. The van der Waals surface area contributed by atoms with Gasteiger partial charge in [-0.1, -0.05) is 24.8 Å². The van der Waals surface area contributed by atoms with Gasteiger partial charge in [0.1, 0.15) is 12.4 Å². The Balaban J connectivity index is 2.29. The van der Waals surface area contributed by atoms with E-state index in [0.717, 1.165) is 5.56 Å². The van der Waals surface area contributed by atoms with Crippen LogP contribution >= 0.6 is 0 Å². The minimum Gasteiger partial charge on any atom is -0.469 e. The zero-order chi connectivity index (χ0) is 15.2. The smallest absolute Gasteiger partial charge is 0.259 e. The lowest BCUT2D eigenvalue weighted by Crippen LogP contribution is -2.13. The molecule has 0 unspecified atom stereocenters. The van der Waals surface area contributed by atoms with Gasteiger partial charge in [0.15, 0.2) is 0 Å². The molecule has 2 N–H and O–H groups in total. The van der Waals surface area contributed by atoms with E-state index in [2.05, 4.69) is 17.2 Å². The molecule has 0 saturated heterocycles. The van der Waals surface area contributed by atoms with E-state index < -0.39 is 0 Å². The number of amides is 1. The Morgan fingerprint density at radius 1 is 1.38 bits per heavy atom. The van der Waals surface area contributed by atoms with Crippen LogP contribution in [0.4, 0.5) is 5.69 Å². The summed E-state index contributed by atoms with van der Waals surface area (Å²) in [6.07, 6.45) is 2.16. The molecule has 21 heavy (non-hydrogen) atoms. The van der Waals surface area contributed by atoms with Crippen molar-refractivity contribution in [2.24, 2.45) is 0 Å². The molecule has 1 amide bonds. The fraction of sp³-hybridized carbons (Fsp3) is 0.235. The number of nitrogens with one attached hydrogen (secondary N) is 1. The highest BCUT2D eigenvalue weighted by Gasteiger charge is 2.14. The molecule has 0 fully saturated rings. The number of carbonyl (C=O) groups excluding carboxylic acids is 1. The molecule has 0 aliphatic rings. The van der Waals surface area contributed by atoms with Gasteiger partial charge in [-0.05, 0) is 30.7 Å². The number of furan rings is 1. The van der Waals surface area contributed by atoms with E-state index in [4.69, 9.17) is 9.52 Å². The highest BCUT2D eigenvalue weighted by molar-refractivity contribution is 6.05. The molecular weight excluding hydrogens is 266 g/mol. The summed E-state index contributed by atoms with van der Waals surface area (Å²) in [6.45, 7) is 3.66. The quantitative estimate of drug-likeness (QED) is 0.851. The fourth-order valence-electron chi connectivity index (χ4n) is 2.01. The van der Waals surface area contributed by atoms with Crippen molar-refractivity contribution in [1.82, 2.24) is 0 Å². The molecule has 1 aromatic heterocycles. The van der Waals surface area contributed by atoms with Gasteiger partial charge in [0.05, 0.1) is 17.5 Å². The Hall–Kier alpha value is -2.51. The van der Waals surface area contributed by atoms with Gasteiger partial charge in [-0.2, -0.15) is 0 Å². The normalized spacial score (nSPS) is 9.86. The van der Waals surface area contributed by atoms with E-state index in [-0.39, 0.29) is 12.5 Å². The van der Waals surface area contributed by atoms with E-state index >= 15 is 0 Å². The van der Waals surface area contributed by atoms with Gasteiger partial charge in [-0.25, -0.2) is 0 Å². The molecule has 108 valence electrons. The van der Waals surface area contributed by atoms with Crippen LogP contribution in [-0.2, 0) is 6.42 Å². The maximum absolute atomic E-state index is 12.3. The number of aliphatic hydroxyl groups is 1. The number of hydrogen-bond acceptors (Lipinski definition) is 3. The van der Waals surface area contributed by atoms with Crippen molar-refractivity contribution in [2.75, 3.05) is 11.9 Å². The second-order valence-corrected chi connectivity index (χ2v) is 4.57. The summed E-state index contributed by atoms with van der Waals surface area (Å²) in [5.74, 6) is 5.87. The Kier molecular flexibility index (Phi) is 4.81. The van der Waals surface area contributed by atoms with Crippen molar-refractivity contribution >= 4 is 11.6 Å². The average Bonchev–Trinajstić information content (AvgIpc) is 2.96. The van der Waals surface area contributed by atoms with Gasteiger partial charge in [-0.15, -0.1) is 0 Å². The van der Waals surface area contributed by atoms with Gasteiger partial charge in [0, 0.05) is 12.0 Å². The van der Waals surface area contributed by atoms with Crippen molar-refractivity contribution in [1.29, 1.82) is 0 Å². The molecule has 0 spiro atoms. The summed E-state index contributed by atoms with van der Waals surface area (Å²) in [4.78, 5) is 12.3. The van der Waals surface area contributed by atoms with Crippen molar-refractivity contribution in [3.8, 4) is 11.8 Å². The van der Waals surface area contributed by atoms with Crippen LogP contribution in [-0.4, -0.2) is 17.6 Å². The summed E-state index contributed by atoms with van der Waals surface area (Å²) >= 11 is 0. The third kappa shape index (κ3) is 3.53. The molecule has 0 bridgehead atoms. The number of aliphatic hydroxyl groups excluding tert-OH is 1. The van der Waals surface area contributed by atoms with Crippen LogP contribution in [0.2, 0.25) is 0 Å². The van der Waals surface area contributed by atoms with Gasteiger partial charge >= 0.3 is 0 Å². The molecule has 4 heteroatoms. The van der Waals surface area contributed by atoms with Crippen LogP contribution in [0.3, 0.4) is 0 Å². The first kappa shape index (κ1) is 14.9. The Morgan fingerprint density at radius 2 is 2.19 bits per heavy atom. The Morgan fingerprint density at radius 3 is 2.90 bits per heavy atom. The van der Waals surface area contributed by atoms with Gasteiger partial charge in [-0.3, -0.25) is 4.79 Å². The molecule has 0 radical (unpaired) electrons. The predicted octanol–water partition coefficient (Wildman–Crippen LogP) is 2.75. The summed E-state index contributed by atoms with van der Waals surface area (Å²) in [5.41, 5.74) is 2.86. The molecule has 0 aliphatic heterocycles. The Bertz CT molecular complexity index is 704. The maximum atomic E-state index is 12.3. The second kappa shape index (κ2) is 6.78. The zero-order valence-corrected chi connectivity index (χ0v) is 12.1. The topological polar surface area (TPSA) is 62.5 Å². The monoisotopic (exact) mass is 283 g/mol. The third-order valence-electron chi connectivity index (χ3n) is 3.04. The molecular formula is C17H17NO3. The highest BCUT2D eigenvalue weighted by Crippen LogP contribution is 2.19.